The highest BCUT2D eigenvalue weighted by molar-refractivity contribution is 7.86. The van der Waals surface area contributed by atoms with Gasteiger partial charge in [-0.3, -0.25) is 0 Å². The maximum Gasteiger partial charge on any atom is 0.281 e. The van der Waals surface area contributed by atoms with Crippen molar-refractivity contribution in [1.82, 2.24) is 8.61 Å². The minimum Gasteiger partial charge on any atom is -0.396 e. The van der Waals surface area contributed by atoms with Crippen molar-refractivity contribution in [1.29, 1.82) is 0 Å². The molecule has 0 aromatic carbocycles. The van der Waals surface area contributed by atoms with Crippen molar-refractivity contribution in [2.45, 2.75) is 25.7 Å². The Morgan fingerprint density at radius 1 is 1.00 bits per heavy atom. The van der Waals surface area contributed by atoms with E-state index in [1.807, 2.05) is 0 Å². The van der Waals surface area contributed by atoms with Crippen molar-refractivity contribution in [2.75, 3.05) is 40.3 Å². The Hall–Kier alpha value is -0.210. The third-order valence-electron chi connectivity index (χ3n) is 2.60. The first kappa shape index (κ1) is 16.8. The molecule has 0 aliphatic heterocycles. The van der Waals surface area contributed by atoms with E-state index in [2.05, 4.69) is 0 Å². The summed E-state index contributed by atoms with van der Waals surface area (Å²) in [7, 11) is -0.208. The summed E-state index contributed by atoms with van der Waals surface area (Å²) in [5.74, 6) is 0. The molecular formula is C10H25N3O3S. The zero-order chi connectivity index (χ0) is 13.3. The summed E-state index contributed by atoms with van der Waals surface area (Å²) < 4.78 is 26.6. The summed E-state index contributed by atoms with van der Waals surface area (Å²) in [6.07, 6.45) is 2.98. The molecule has 0 aliphatic carbocycles. The fourth-order valence-corrected chi connectivity index (χ4v) is 2.60. The third kappa shape index (κ3) is 6.32. The minimum absolute atomic E-state index is 0.160. The van der Waals surface area contributed by atoms with Gasteiger partial charge < -0.3 is 10.8 Å². The van der Waals surface area contributed by atoms with E-state index in [0.29, 0.717) is 26.1 Å². The lowest BCUT2D eigenvalue weighted by Gasteiger charge is -2.24. The molecular weight excluding hydrogens is 242 g/mol. The van der Waals surface area contributed by atoms with E-state index in [1.54, 1.807) is 14.1 Å². The van der Waals surface area contributed by atoms with Gasteiger partial charge in [-0.15, -0.1) is 0 Å². The van der Waals surface area contributed by atoms with E-state index < -0.39 is 10.2 Å². The van der Waals surface area contributed by atoms with Crippen molar-refractivity contribution < 1.29 is 13.5 Å². The van der Waals surface area contributed by atoms with Gasteiger partial charge in [0.05, 0.1) is 0 Å². The summed E-state index contributed by atoms with van der Waals surface area (Å²) in [5, 5.41) is 8.62. The third-order valence-corrected chi connectivity index (χ3v) is 4.54. The Balaban J connectivity index is 4.10. The first-order valence-corrected chi connectivity index (χ1v) is 7.35. The molecule has 0 radical (unpaired) electrons. The van der Waals surface area contributed by atoms with E-state index in [4.69, 9.17) is 10.8 Å². The van der Waals surface area contributed by atoms with Gasteiger partial charge in [0, 0.05) is 33.8 Å². The lowest BCUT2D eigenvalue weighted by Crippen LogP contribution is -2.40. The molecule has 0 saturated heterocycles. The minimum atomic E-state index is -3.35. The van der Waals surface area contributed by atoms with E-state index in [1.165, 1.54) is 8.61 Å². The SMILES string of the molecule is CN(CCCN)S(=O)(=O)N(C)CCCCCO. The van der Waals surface area contributed by atoms with Crippen LogP contribution in [-0.4, -0.2) is 62.5 Å². The second-order valence-corrected chi connectivity index (χ2v) is 6.22. The monoisotopic (exact) mass is 267 g/mol. The van der Waals surface area contributed by atoms with Gasteiger partial charge >= 0.3 is 0 Å². The molecule has 0 bridgehead atoms. The number of nitrogens with two attached hydrogens (primary N) is 1. The molecule has 0 atom stereocenters. The first-order chi connectivity index (χ1) is 7.96. The summed E-state index contributed by atoms with van der Waals surface area (Å²) in [4.78, 5) is 0. The number of aliphatic hydroxyl groups is 1. The molecule has 17 heavy (non-hydrogen) atoms. The van der Waals surface area contributed by atoms with Crippen LogP contribution in [0.2, 0.25) is 0 Å². The van der Waals surface area contributed by atoms with Gasteiger partial charge in [-0.2, -0.15) is 17.0 Å². The van der Waals surface area contributed by atoms with Gasteiger partial charge in [0.25, 0.3) is 10.2 Å². The van der Waals surface area contributed by atoms with Gasteiger partial charge in [0.2, 0.25) is 0 Å². The van der Waals surface area contributed by atoms with Crippen molar-refractivity contribution in [3.63, 3.8) is 0 Å². The Morgan fingerprint density at radius 2 is 1.53 bits per heavy atom. The average Bonchev–Trinajstić information content (AvgIpc) is 2.31. The van der Waals surface area contributed by atoms with Gasteiger partial charge in [-0.05, 0) is 32.2 Å². The van der Waals surface area contributed by atoms with Gasteiger partial charge in [-0.25, -0.2) is 0 Å². The molecule has 0 aromatic rings. The first-order valence-electron chi connectivity index (χ1n) is 5.95. The molecule has 0 aromatic heterocycles. The summed E-state index contributed by atoms with van der Waals surface area (Å²) in [5.41, 5.74) is 5.35. The maximum atomic E-state index is 12.0. The molecule has 0 saturated carbocycles. The smallest absolute Gasteiger partial charge is 0.281 e. The number of nitrogens with zero attached hydrogens (tertiary/aromatic N) is 2. The number of hydrogen-bond acceptors (Lipinski definition) is 4. The van der Waals surface area contributed by atoms with Gasteiger partial charge in [-0.1, -0.05) is 0 Å². The van der Waals surface area contributed by atoms with Crippen LogP contribution in [0.1, 0.15) is 25.7 Å². The summed E-state index contributed by atoms with van der Waals surface area (Å²) in [6, 6.07) is 0. The Morgan fingerprint density at radius 3 is 2.00 bits per heavy atom. The number of unbranched alkanes of at least 4 members (excludes halogenated alkanes) is 2. The van der Waals surface area contributed by atoms with Crippen LogP contribution in [0.5, 0.6) is 0 Å². The molecule has 0 fully saturated rings. The zero-order valence-electron chi connectivity index (χ0n) is 10.8. The largest absolute Gasteiger partial charge is 0.396 e. The fourth-order valence-electron chi connectivity index (χ4n) is 1.41. The van der Waals surface area contributed by atoms with Gasteiger partial charge in [0.15, 0.2) is 0 Å². The maximum absolute atomic E-state index is 12.0. The van der Waals surface area contributed by atoms with Crippen molar-refractivity contribution >= 4 is 10.2 Å². The van der Waals surface area contributed by atoms with Crippen LogP contribution in [0.15, 0.2) is 0 Å². The van der Waals surface area contributed by atoms with Crippen molar-refractivity contribution in [3.8, 4) is 0 Å². The number of rotatable bonds is 10. The second-order valence-electron chi connectivity index (χ2n) is 4.08. The Labute approximate surface area is 105 Å². The van der Waals surface area contributed by atoms with Crippen LogP contribution in [0.4, 0.5) is 0 Å². The quantitative estimate of drug-likeness (QED) is 0.528. The molecule has 0 amide bonds. The Kier molecular flexibility index (Phi) is 8.71. The predicted octanol–water partition coefficient (Wildman–Crippen LogP) is -0.394. The molecule has 104 valence electrons. The Bertz CT molecular complexity index is 283. The molecule has 3 N–H and O–H groups in total. The van der Waals surface area contributed by atoms with E-state index in [-0.39, 0.29) is 6.61 Å². The molecule has 0 unspecified atom stereocenters. The molecule has 0 rings (SSSR count). The highest BCUT2D eigenvalue weighted by Crippen LogP contribution is 2.06. The van der Waals surface area contributed by atoms with Crippen LogP contribution in [-0.2, 0) is 10.2 Å². The lowest BCUT2D eigenvalue weighted by atomic mass is 10.2. The molecule has 0 heterocycles. The summed E-state index contributed by atoms with van der Waals surface area (Å²) in [6.45, 7) is 1.57. The average molecular weight is 267 g/mol. The van der Waals surface area contributed by atoms with Crippen LogP contribution < -0.4 is 5.73 Å². The molecule has 0 aliphatic rings. The van der Waals surface area contributed by atoms with Crippen LogP contribution in [0.25, 0.3) is 0 Å². The second kappa shape index (κ2) is 8.82. The van der Waals surface area contributed by atoms with E-state index >= 15 is 0 Å². The molecule has 0 spiro atoms. The van der Waals surface area contributed by atoms with Crippen LogP contribution in [0.3, 0.4) is 0 Å². The van der Waals surface area contributed by atoms with Gasteiger partial charge in [0.1, 0.15) is 0 Å². The lowest BCUT2D eigenvalue weighted by molar-refractivity contribution is 0.280. The summed E-state index contributed by atoms with van der Waals surface area (Å²) >= 11 is 0. The highest BCUT2D eigenvalue weighted by Gasteiger charge is 2.22. The standard InChI is InChI=1S/C10H25N3O3S/c1-12(8-4-3-5-10-14)17(15,16)13(2)9-6-7-11/h14H,3-11H2,1-2H3. The fraction of sp³-hybridized carbons (Fsp3) is 1.00. The predicted molar refractivity (Wildman–Crippen MR) is 68.8 cm³/mol. The van der Waals surface area contributed by atoms with Crippen molar-refractivity contribution in [2.24, 2.45) is 5.73 Å². The van der Waals surface area contributed by atoms with E-state index in [9.17, 15) is 8.42 Å². The topological polar surface area (TPSA) is 86.9 Å². The normalized spacial score (nSPS) is 12.6. The zero-order valence-corrected chi connectivity index (χ0v) is 11.6. The molecule has 6 nitrogen and oxygen atoms in total. The number of aliphatic hydroxyl groups excluding tert-OH is 1. The van der Waals surface area contributed by atoms with Crippen molar-refractivity contribution in [3.05, 3.63) is 0 Å². The molecule has 7 heteroatoms. The highest BCUT2D eigenvalue weighted by atomic mass is 32.2. The number of hydrogen-bond donors (Lipinski definition) is 2. The van der Waals surface area contributed by atoms with Crippen LogP contribution >= 0.6 is 0 Å². The van der Waals surface area contributed by atoms with Crippen LogP contribution in [0, 0.1) is 0 Å². The van der Waals surface area contributed by atoms with E-state index in [0.717, 1.165) is 19.3 Å².